The molecule has 31 heavy (non-hydrogen) atoms. The maximum Gasteiger partial charge on any atom is 0.311 e. The van der Waals surface area contributed by atoms with Gasteiger partial charge in [-0.15, -0.1) is 11.3 Å². The third-order valence-corrected chi connectivity index (χ3v) is 5.52. The SMILES string of the molecule is O=C(CCCc1ccc(Cl)cc1)Oc1cccc(Nc2nc(-c3ccccn3)cs2)c1. The number of hydrogen-bond acceptors (Lipinski definition) is 6. The van der Waals surface area contributed by atoms with Gasteiger partial charge in [0.15, 0.2) is 5.13 Å². The van der Waals surface area contributed by atoms with Crippen molar-refractivity contribution in [1.29, 1.82) is 0 Å². The molecule has 0 spiro atoms. The van der Waals surface area contributed by atoms with Gasteiger partial charge in [0, 0.05) is 34.8 Å². The van der Waals surface area contributed by atoms with Gasteiger partial charge in [0.25, 0.3) is 0 Å². The molecule has 2 aromatic heterocycles. The predicted octanol–water partition coefficient (Wildman–Crippen LogP) is 6.53. The summed E-state index contributed by atoms with van der Waals surface area (Å²) < 4.78 is 5.50. The van der Waals surface area contributed by atoms with Crippen LogP contribution in [0.1, 0.15) is 18.4 Å². The molecule has 0 amide bonds. The minimum atomic E-state index is -0.252. The van der Waals surface area contributed by atoms with E-state index in [4.69, 9.17) is 16.3 Å². The van der Waals surface area contributed by atoms with E-state index in [1.165, 1.54) is 11.3 Å². The molecule has 0 radical (unpaired) electrons. The van der Waals surface area contributed by atoms with Gasteiger partial charge in [-0.2, -0.15) is 0 Å². The number of carbonyl (C=O) groups is 1. The van der Waals surface area contributed by atoms with E-state index in [0.29, 0.717) is 23.6 Å². The highest BCUT2D eigenvalue weighted by Crippen LogP contribution is 2.27. The first kappa shape index (κ1) is 21.0. The number of aryl methyl sites for hydroxylation is 1. The molecule has 4 rings (SSSR count). The maximum atomic E-state index is 12.2. The van der Waals surface area contributed by atoms with Gasteiger partial charge in [0.1, 0.15) is 11.4 Å². The molecular weight excluding hydrogens is 430 g/mol. The molecule has 0 atom stereocenters. The van der Waals surface area contributed by atoms with Crippen LogP contribution in [0.3, 0.4) is 0 Å². The average molecular weight is 450 g/mol. The number of nitrogens with zero attached hydrogens (tertiary/aromatic N) is 2. The minimum absolute atomic E-state index is 0.252. The Morgan fingerprint density at radius 1 is 1.03 bits per heavy atom. The Bertz CT molecular complexity index is 1150. The molecule has 0 fully saturated rings. The Hall–Kier alpha value is -3.22. The Morgan fingerprint density at radius 2 is 1.90 bits per heavy atom. The molecule has 0 aliphatic carbocycles. The van der Waals surface area contributed by atoms with Crippen LogP contribution < -0.4 is 10.1 Å². The first-order valence-corrected chi connectivity index (χ1v) is 11.1. The number of aromatic nitrogens is 2. The molecule has 0 unspecified atom stereocenters. The second kappa shape index (κ2) is 10.2. The quantitative estimate of drug-likeness (QED) is 0.244. The number of thiazole rings is 1. The van der Waals surface area contributed by atoms with E-state index in [1.807, 2.05) is 60.0 Å². The topological polar surface area (TPSA) is 64.1 Å². The van der Waals surface area contributed by atoms with E-state index in [-0.39, 0.29) is 5.97 Å². The van der Waals surface area contributed by atoms with Crippen LogP contribution in [0.4, 0.5) is 10.8 Å². The van der Waals surface area contributed by atoms with Gasteiger partial charge in [-0.1, -0.05) is 35.9 Å². The molecule has 0 saturated heterocycles. The van der Waals surface area contributed by atoms with E-state index >= 15 is 0 Å². The first-order valence-electron chi connectivity index (χ1n) is 9.85. The van der Waals surface area contributed by atoms with Crippen molar-refractivity contribution in [2.45, 2.75) is 19.3 Å². The van der Waals surface area contributed by atoms with Crippen molar-refractivity contribution in [3.8, 4) is 17.1 Å². The third kappa shape index (κ3) is 6.13. The summed E-state index contributed by atoms with van der Waals surface area (Å²) in [7, 11) is 0. The number of pyridine rings is 1. The second-order valence-electron chi connectivity index (χ2n) is 6.86. The number of benzene rings is 2. The number of ether oxygens (including phenoxy) is 1. The molecule has 156 valence electrons. The van der Waals surface area contributed by atoms with E-state index in [0.717, 1.165) is 34.2 Å². The molecule has 2 aromatic carbocycles. The average Bonchev–Trinajstić information content (AvgIpc) is 3.24. The lowest BCUT2D eigenvalue weighted by molar-refractivity contribution is -0.134. The normalized spacial score (nSPS) is 10.6. The fourth-order valence-electron chi connectivity index (χ4n) is 2.99. The molecule has 0 aliphatic rings. The van der Waals surface area contributed by atoms with Gasteiger partial charge < -0.3 is 10.1 Å². The highest BCUT2D eigenvalue weighted by Gasteiger charge is 2.08. The zero-order chi connectivity index (χ0) is 21.5. The molecule has 5 nitrogen and oxygen atoms in total. The van der Waals surface area contributed by atoms with Gasteiger partial charge in [0.05, 0.1) is 5.69 Å². The second-order valence-corrected chi connectivity index (χ2v) is 8.15. The lowest BCUT2D eigenvalue weighted by Gasteiger charge is -2.07. The van der Waals surface area contributed by atoms with Gasteiger partial charge in [-0.25, -0.2) is 4.98 Å². The Morgan fingerprint density at radius 3 is 2.71 bits per heavy atom. The van der Waals surface area contributed by atoms with E-state index in [9.17, 15) is 4.79 Å². The summed E-state index contributed by atoms with van der Waals surface area (Å²) >= 11 is 7.38. The third-order valence-electron chi connectivity index (χ3n) is 4.51. The van der Waals surface area contributed by atoms with Crippen LogP contribution in [0.2, 0.25) is 5.02 Å². The highest BCUT2D eigenvalue weighted by molar-refractivity contribution is 7.14. The number of rotatable bonds is 8. The molecule has 4 aromatic rings. The van der Waals surface area contributed by atoms with Crippen molar-refractivity contribution in [3.05, 3.63) is 88.9 Å². The standard InChI is InChI=1S/C24H20ClN3O2S/c25-18-12-10-17(11-13-18)5-3-9-23(29)30-20-7-4-6-19(15-20)27-24-28-22(16-31-24)21-8-1-2-14-26-21/h1-2,4,6-8,10-16H,3,5,9H2,(H,27,28). The van der Waals surface area contributed by atoms with Crippen molar-refractivity contribution < 1.29 is 9.53 Å². The summed E-state index contributed by atoms with van der Waals surface area (Å²) in [6.45, 7) is 0. The number of nitrogens with one attached hydrogen (secondary N) is 1. The van der Waals surface area contributed by atoms with Crippen molar-refractivity contribution >= 4 is 39.7 Å². The van der Waals surface area contributed by atoms with Gasteiger partial charge in [0.2, 0.25) is 0 Å². The van der Waals surface area contributed by atoms with Crippen LogP contribution in [-0.4, -0.2) is 15.9 Å². The summed E-state index contributed by atoms with van der Waals surface area (Å²) in [6.07, 6.45) is 3.61. The smallest absolute Gasteiger partial charge is 0.311 e. The predicted molar refractivity (Wildman–Crippen MR) is 125 cm³/mol. The summed E-state index contributed by atoms with van der Waals surface area (Å²) in [6, 6.07) is 20.7. The van der Waals surface area contributed by atoms with Gasteiger partial charge in [-0.05, 0) is 54.8 Å². The maximum absolute atomic E-state index is 12.2. The molecule has 1 N–H and O–H groups in total. The Balaban J connectivity index is 1.30. The van der Waals surface area contributed by atoms with Crippen LogP contribution in [0.15, 0.2) is 78.3 Å². The van der Waals surface area contributed by atoms with Crippen molar-refractivity contribution in [3.63, 3.8) is 0 Å². The highest BCUT2D eigenvalue weighted by atomic mass is 35.5. The largest absolute Gasteiger partial charge is 0.426 e. The molecular formula is C24H20ClN3O2S. The lowest BCUT2D eigenvalue weighted by atomic mass is 10.1. The number of hydrogen-bond donors (Lipinski definition) is 1. The molecule has 0 saturated carbocycles. The number of anilines is 2. The van der Waals surface area contributed by atoms with Gasteiger partial charge >= 0.3 is 5.97 Å². The van der Waals surface area contributed by atoms with Crippen molar-refractivity contribution in [1.82, 2.24) is 9.97 Å². The summed E-state index contributed by atoms with van der Waals surface area (Å²) in [5, 5.41) is 6.66. The minimum Gasteiger partial charge on any atom is -0.426 e. The van der Waals surface area contributed by atoms with Crippen LogP contribution in [-0.2, 0) is 11.2 Å². The van der Waals surface area contributed by atoms with Crippen LogP contribution >= 0.6 is 22.9 Å². The molecule has 7 heteroatoms. The van der Waals surface area contributed by atoms with Crippen LogP contribution in [0.5, 0.6) is 5.75 Å². The lowest BCUT2D eigenvalue weighted by Crippen LogP contribution is -2.08. The number of halogens is 1. The number of carbonyl (C=O) groups excluding carboxylic acids is 1. The molecule has 2 heterocycles. The summed E-state index contributed by atoms with van der Waals surface area (Å²) in [5.74, 6) is 0.251. The molecule has 0 aliphatic heterocycles. The van der Waals surface area contributed by atoms with Gasteiger partial charge in [-0.3, -0.25) is 9.78 Å². The monoisotopic (exact) mass is 449 g/mol. The fraction of sp³-hybridized carbons (Fsp3) is 0.125. The first-order chi connectivity index (χ1) is 15.2. The van der Waals surface area contributed by atoms with E-state index in [1.54, 1.807) is 18.3 Å². The Kier molecular flexibility index (Phi) is 6.92. The van der Waals surface area contributed by atoms with Crippen LogP contribution in [0.25, 0.3) is 11.4 Å². The Labute approximate surface area is 189 Å². The zero-order valence-electron chi connectivity index (χ0n) is 16.6. The fourth-order valence-corrected chi connectivity index (χ4v) is 3.84. The molecule has 0 bridgehead atoms. The van der Waals surface area contributed by atoms with E-state index < -0.39 is 0 Å². The van der Waals surface area contributed by atoms with Crippen molar-refractivity contribution in [2.24, 2.45) is 0 Å². The summed E-state index contributed by atoms with van der Waals surface area (Å²) in [4.78, 5) is 21.1. The van der Waals surface area contributed by atoms with E-state index in [2.05, 4.69) is 15.3 Å². The van der Waals surface area contributed by atoms with Crippen molar-refractivity contribution in [2.75, 3.05) is 5.32 Å². The summed E-state index contributed by atoms with van der Waals surface area (Å²) in [5.41, 5.74) is 3.59. The van der Waals surface area contributed by atoms with Crippen LogP contribution in [0, 0.1) is 0 Å². The zero-order valence-corrected chi connectivity index (χ0v) is 18.2. The number of esters is 1.